The molecule has 1 aliphatic heterocycles. The number of anilines is 1. The number of benzene rings is 1. The van der Waals surface area contributed by atoms with E-state index in [1.807, 2.05) is 30.3 Å². The molecule has 2 N–H and O–H groups in total. The summed E-state index contributed by atoms with van der Waals surface area (Å²) in [5.41, 5.74) is 0.685. The van der Waals surface area contributed by atoms with Gasteiger partial charge in [0.2, 0.25) is 10.6 Å². The Bertz CT molecular complexity index is 1010. The molecular weight excluding hydrogens is 380 g/mol. The Kier molecular flexibility index (Phi) is 5.45. The van der Waals surface area contributed by atoms with Crippen molar-refractivity contribution in [3.8, 4) is 5.75 Å². The third-order valence-corrected chi connectivity index (χ3v) is 5.16. The lowest BCUT2D eigenvalue weighted by Crippen LogP contribution is -2.17. The molecule has 8 nitrogen and oxygen atoms in total. The molecule has 0 spiro atoms. The predicted octanol–water partition coefficient (Wildman–Crippen LogP) is 2.91. The number of aromatic amines is 1. The maximum Gasteiger partial charge on any atom is 0.274 e. The van der Waals surface area contributed by atoms with Crippen molar-refractivity contribution in [1.82, 2.24) is 15.2 Å². The lowest BCUT2D eigenvalue weighted by molar-refractivity contribution is 0.102. The summed E-state index contributed by atoms with van der Waals surface area (Å²) >= 11 is 1.27. The van der Waals surface area contributed by atoms with Gasteiger partial charge < -0.3 is 14.5 Å². The third-order valence-electron chi connectivity index (χ3n) is 4.23. The van der Waals surface area contributed by atoms with Crippen molar-refractivity contribution in [3.63, 3.8) is 0 Å². The number of pyridine rings is 1. The number of nitrogens with zero attached hydrogens (tertiary/aromatic N) is 2. The quantitative estimate of drug-likeness (QED) is 0.661. The Morgan fingerprint density at radius 2 is 2.18 bits per heavy atom. The van der Waals surface area contributed by atoms with Gasteiger partial charge in [-0.2, -0.15) is 0 Å². The smallest absolute Gasteiger partial charge is 0.274 e. The number of hydrogen-bond donors (Lipinski definition) is 2. The van der Waals surface area contributed by atoms with Gasteiger partial charge in [0.1, 0.15) is 23.4 Å². The molecule has 144 valence electrons. The van der Waals surface area contributed by atoms with Gasteiger partial charge >= 0.3 is 0 Å². The predicted molar refractivity (Wildman–Crippen MR) is 104 cm³/mol. The van der Waals surface area contributed by atoms with Crippen molar-refractivity contribution in [2.75, 3.05) is 11.9 Å². The highest BCUT2D eigenvalue weighted by Crippen LogP contribution is 2.31. The number of aromatic nitrogens is 3. The van der Waals surface area contributed by atoms with E-state index in [9.17, 15) is 9.59 Å². The normalized spacial score (nSPS) is 16.1. The van der Waals surface area contributed by atoms with E-state index < -0.39 is 5.91 Å². The second kappa shape index (κ2) is 8.32. The Labute approximate surface area is 164 Å². The summed E-state index contributed by atoms with van der Waals surface area (Å²) < 4.78 is 11.1. The van der Waals surface area contributed by atoms with Gasteiger partial charge in [0, 0.05) is 18.9 Å². The van der Waals surface area contributed by atoms with Crippen LogP contribution in [-0.2, 0) is 11.3 Å². The van der Waals surface area contributed by atoms with Gasteiger partial charge in [-0.15, -0.1) is 10.2 Å². The maximum absolute atomic E-state index is 12.4. The molecule has 0 saturated carbocycles. The molecule has 1 saturated heterocycles. The summed E-state index contributed by atoms with van der Waals surface area (Å²) in [6, 6.07) is 10.7. The number of carbonyl (C=O) groups excluding carboxylic acids is 1. The number of hydrogen-bond acceptors (Lipinski definition) is 7. The van der Waals surface area contributed by atoms with E-state index in [-0.39, 0.29) is 29.6 Å². The van der Waals surface area contributed by atoms with E-state index in [1.54, 1.807) is 0 Å². The second-order valence-corrected chi connectivity index (χ2v) is 7.26. The lowest BCUT2D eigenvalue weighted by Gasteiger charge is -2.07. The summed E-state index contributed by atoms with van der Waals surface area (Å²) in [4.78, 5) is 27.4. The van der Waals surface area contributed by atoms with E-state index in [1.165, 1.54) is 23.6 Å². The molecule has 3 heterocycles. The van der Waals surface area contributed by atoms with Gasteiger partial charge in [0.05, 0.1) is 0 Å². The van der Waals surface area contributed by atoms with Gasteiger partial charge in [0.15, 0.2) is 5.75 Å². The average Bonchev–Trinajstić information content (AvgIpc) is 3.39. The van der Waals surface area contributed by atoms with Crippen LogP contribution < -0.4 is 15.5 Å². The third kappa shape index (κ3) is 4.26. The zero-order valence-corrected chi connectivity index (χ0v) is 15.7. The Hall–Kier alpha value is -3.04. The molecule has 4 rings (SSSR count). The van der Waals surface area contributed by atoms with Gasteiger partial charge in [-0.05, 0) is 18.4 Å². The molecule has 2 aromatic heterocycles. The first kappa shape index (κ1) is 18.3. The van der Waals surface area contributed by atoms with E-state index in [4.69, 9.17) is 9.47 Å². The molecule has 3 aromatic rings. The van der Waals surface area contributed by atoms with Crippen LogP contribution in [-0.4, -0.2) is 27.7 Å². The molecule has 1 amide bonds. The SMILES string of the molecule is O=C(Nc1nnc([C@H]2CCCO2)s1)c1cc(=O)c(OCc2ccccc2)c[nH]1. The van der Waals surface area contributed by atoms with Gasteiger partial charge in [-0.1, -0.05) is 41.7 Å². The van der Waals surface area contributed by atoms with Crippen molar-refractivity contribution in [3.05, 3.63) is 69.1 Å². The number of carbonyl (C=O) groups is 1. The highest BCUT2D eigenvalue weighted by molar-refractivity contribution is 7.15. The van der Waals surface area contributed by atoms with Crippen LogP contribution in [0, 0.1) is 0 Å². The van der Waals surface area contributed by atoms with Crippen molar-refractivity contribution in [2.45, 2.75) is 25.6 Å². The molecule has 1 atom stereocenters. The van der Waals surface area contributed by atoms with Crippen molar-refractivity contribution in [2.24, 2.45) is 0 Å². The first-order valence-electron chi connectivity index (χ1n) is 8.85. The molecule has 0 aliphatic carbocycles. The number of nitrogens with one attached hydrogen (secondary N) is 2. The average molecular weight is 398 g/mol. The summed E-state index contributed by atoms with van der Waals surface area (Å²) in [5, 5.41) is 11.8. The van der Waals surface area contributed by atoms with Crippen LogP contribution in [0.25, 0.3) is 0 Å². The second-order valence-electron chi connectivity index (χ2n) is 6.25. The standard InChI is InChI=1S/C19H18N4O4S/c24-14-9-13(20-10-16(14)27-11-12-5-2-1-3-6-12)17(25)21-19-23-22-18(28-19)15-7-4-8-26-15/h1-3,5-6,9-10,15H,4,7-8,11H2,(H,20,24)(H,21,23,25)/t15-/m1/s1. The molecular formula is C19H18N4O4S. The Balaban J connectivity index is 1.39. The fourth-order valence-corrected chi connectivity index (χ4v) is 3.61. The van der Waals surface area contributed by atoms with Gasteiger partial charge in [-0.25, -0.2) is 0 Å². The Morgan fingerprint density at radius 3 is 2.93 bits per heavy atom. The van der Waals surface area contributed by atoms with Crippen LogP contribution >= 0.6 is 11.3 Å². The van der Waals surface area contributed by atoms with Crippen LogP contribution in [0.4, 0.5) is 5.13 Å². The van der Waals surface area contributed by atoms with Crippen molar-refractivity contribution >= 4 is 22.4 Å². The van der Waals surface area contributed by atoms with E-state index in [0.29, 0.717) is 11.7 Å². The minimum atomic E-state index is -0.471. The summed E-state index contributed by atoms with van der Waals surface area (Å²) in [6.07, 6.45) is 3.23. The van der Waals surface area contributed by atoms with E-state index in [2.05, 4.69) is 20.5 Å². The number of amides is 1. The first-order valence-corrected chi connectivity index (χ1v) is 9.66. The first-order chi connectivity index (χ1) is 13.7. The minimum Gasteiger partial charge on any atom is -0.483 e. The van der Waals surface area contributed by atoms with Crippen molar-refractivity contribution < 1.29 is 14.3 Å². The fraction of sp³-hybridized carbons (Fsp3) is 0.263. The van der Waals surface area contributed by atoms with Crippen LogP contribution in [0.2, 0.25) is 0 Å². The molecule has 0 bridgehead atoms. The zero-order valence-electron chi connectivity index (χ0n) is 14.9. The van der Waals surface area contributed by atoms with E-state index in [0.717, 1.165) is 23.4 Å². The molecule has 1 aliphatic rings. The number of H-pyrrole nitrogens is 1. The van der Waals surface area contributed by atoms with Crippen LogP contribution in [0.15, 0.2) is 47.4 Å². The largest absolute Gasteiger partial charge is 0.483 e. The fourth-order valence-electron chi connectivity index (χ4n) is 2.79. The molecule has 0 unspecified atom stereocenters. The maximum atomic E-state index is 12.4. The zero-order chi connectivity index (χ0) is 19.3. The van der Waals surface area contributed by atoms with Gasteiger partial charge in [0.25, 0.3) is 5.91 Å². The molecule has 28 heavy (non-hydrogen) atoms. The van der Waals surface area contributed by atoms with Crippen LogP contribution in [0.1, 0.15) is 40.0 Å². The van der Waals surface area contributed by atoms with Crippen molar-refractivity contribution in [1.29, 1.82) is 0 Å². The molecule has 9 heteroatoms. The Morgan fingerprint density at radius 1 is 1.32 bits per heavy atom. The molecule has 1 fully saturated rings. The molecule has 0 radical (unpaired) electrons. The van der Waals surface area contributed by atoms with Crippen LogP contribution in [0.3, 0.4) is 0 Å². The summed E-state index contributed by atoms with van der Waals surface area (Å²) in [5.74, 6) is -0.321. The topological polar surface area (TPSA) is 106 Å². The van der Waals surface area contributed by atoms with Gasteiger partial charge in [-0.3, -0.25) is 14.9 Å². The number of ether oxygens (including phenoxy) is 2. The lowest BCUT2D eigenvalue weighted by atomic mass is 10.2. The minimum absolute atomic E-state index is 0.0518. The summed E-state index contributed by atoms with van der Waals surface area (Å²) in [7, 11) is 0. The number of rotatable bonds is 6. The monoisotopic (exact) mass is 398 g/mol. The highest BCUT2D eigenvalue weighted by Gasteiger charge is 2.22. The highest BCUT2D eigenvalue weighted by atomic mass is 32.1. The van der Waals surface area contributed by atoms with Crippen LogP contribution in [0.5, 0.6) is 5.75 Å². The summed E-state index contributed by atoms with van der Waals surface area (Å²) in [6.45, 7) is 0.984. The molecule has 1 aromatic carbocycles. The van der Waals surface area contributed by atoms with E-state index >= 15 is 0 Å².